The third-order valence-corrected chi connectivity index (χ3v) is 4.24. The number of carbonyl (C=O) groups excluding carboxylic acids is 3. The molecule has 1 aliphatic heterocycles. The predicted molar refractivity (Wildman–Crippen MR) is 99.2 cm³/mol. The number of hydrogen-bond donors (Lipinski definition) is 2. The highest BCUT2D eigenvalue weighted by atomic mass is 16.5. The number of ether oxygens (including phenoxy) is 1. The van der Waals surface area contributed by atoms with E-state index in [1.165, 1.54) is 7.11 Å². The first-order valence-corrected chi connectivity index (χ1v) is 8.98. The Morgan fingerprint density at radius 1 is 1.15 bits per heavy atom. The Labute approximate surface area is 154 Å². The van der Waals surface area contributed by atoms with Gasteiger partial charge in [-0.3, -0.25) is 9.59 Å². The molecule has 0 fully saturated rings. The molecule has 1 aliphatic rings. The lowest BCUT2D eigenvalue weighted by molar-refractivity contribution is -0.145. The van der Waals surface area contributed by atoms with E-state index in [0.717, 1.165) is 36.8 Å². The molecule has 2 bridgehead atoms. The number of nitrogens with one attached hydrogen (secondary N) is 2. The molecule has 26 heavy (non-hydrogen) atoms. The molecule has 1 atom stereocenters. The third kappa shape index (κ3) is 6.70. The summed E-state index contributed by atoms with van der Waals surface area (Å²) in [5.41, 5.74) is 1.98. The van der Waals surface area contributed by atoms with Crippen LogP contribution >= 0.6 is 0 Å². The van der Waals surface area contributed by atoms with E-state index in [-0.39, 0.29) is 12.5 Å². The van der Waals surface area contributed by atoms with E-state index >= 15 is 0 Å². The number of fused-ring (bicyclic) bond motifs is 2. The van der Waals surface area contributed by atoms with E-state index in [1.807, 2.05) is 24.3 Å². The van der Waals surface area contributed by atoms with Crippen molar-refractivity contribution < 1.29 is 19.1 Å². The smallest absolute Gasteiger partial charge is 0.328 e. The molecule has 2 amide bonds. The fourth-order valence-corrected chi connectivity index (χ4v) is 2.85. The maximum atomic E-state index is 12.1. The first kappa shape index (κ1) is 19.7. The van der Waals surface area contributed by atoms with E-state index in [4.69, 9.17) is 4.74 Å². The zero-order chi connectivity index (χ0) is 18.8. The molecule has 0 radical (unpaired) electrons. The van der Waals surface area contributed by atoms with Crippen LogP contribution in [0.3, 0.4) is 0 Å². The van der Waals surface area contributed by atoms with Crippen LogP contribution in [-0.4, -0.2) is 37.5 Å². The van der Waals surface area contributed by atoms with Crippen molar-refractivity contribution >= 4 is 23.9 Å². The van der Waals surface area contributed by atoms with Gasteiger partial charge in [-0.1, -0.05) is 42.8 Å². The quantitative estimate of drug-likeness (QED) is 0.752. The van der Waals surface area contributed by atoms with Crippen LogP contribution in [0.2, 0.25) is 0 Å². The van der Waals surface area contributed by atoms with Gasteiger partial charge in [0.2, 0.25) is 11.8 Å². The molecule has 0 spiro atoms. The summed E-state index contributed by atoms with van der Waals surface area (Å²) in [5.74, 6) is -1.07. The van der Waals surface area contributed by atoms with Gasteiger partial charge in [0.05, 0.1) is 13.7 Å². The zero-order valence-corrected chi connectivity index (χ0v) is 15.1. The highest BCUT2D eigenvalue weighted by Crippen LogP contribution is 2.12. The maximum Gasteiger partial charge on any atom is 0.328 e. The molecule has 2 N–H and O–H groups in total. The number of carbonyl (C=O) groups is 3. The lowest BCUT2D eigenvalue weighted by Gasteiger charge is -2.17. The fourth-order valence-electron chi connectivity index (χ4n) is 2.85. The predicted octanol–water partition coefficient (Wildman–Crippen LogP) is 1.98. The Bertz CT molecular complexity index is 670. The van der Waals surface area contributed by atoms with Crippen molar-refractivity contribution in [3.8, 4) is 0 Å². The Morgan fingerprint density at radius 2 is 2.00 bits per heavy atom. The van der Waals surface area contributed by atoms with Crippen LogP contribution in [0, 0.1) is 0 Å². The molecule has 6 heteroatoms. The Kier molecular flexibility index (Phi) is 7.86. The second-order valence-corrected chi connectivity index (χ2v) is 6.37. The third-order valence-electron chi connectivity index (χ3n) is 4.24. The molecule has 0 aromatic heterocycles. The van der Waals surface area contributed by atoms with Gasteiger partial charge in [-0.25, -0.2) is 4.79 Å². The van der Waals surface area contributed by atoms with Crippen LogP contribution in [0.25, 0.3) is 6.08 Å². The van der Waals surface area contributed by atoms with E-state index < -0.39 is 17.9 Å². The standard InChI is InChI=1S/C20H26N2O4/c1-26-20(25)17-13-16-10-7-9-15(12-16)8-5-3-2-4-6-11-18(23)21-14-19(24)22-17/h5,7-10,12,17H,2-4,6,11,13-14H2,1H3,(H,21,23)(H,22,24)/b8-5-. The van der Waals surface area contributed by atoms with Crippen molar-refractivity contribution in [1.82, 2.24) is 10.6 Å². The van der Waals surface area contributed by atoms with Gasteiger partial charge in [0.1, 0.15) is 6.04 Å². The lowest BCUT2D eigenvalue weighted by atomic mass is 10.0. The van der Waals surface area contributed by atoms with Gasteiger partial charge in [0.25, 0.3) is 0 Å². The molecule has 0 saturated heterocycles. The Morgan fingerprint density at radius 3 is 2.81 bits per heavy atom. The highest BCUT2D eigenvalue weighted by Gasteiger charge is 2.22. The van der Waals surface area contributed by atoms with Crippen molar-refractivity contribution in [2.45, 2.75) is 44.6 Å². The molecule has 1 aromatic carbocycles. The molecule has 1 aromatic rings. The summed E-state index contributed by atoms with van der Waals surface area (Å²) in [6.45, 7) is -0.145. The van der Waals surface area contributed by atoms with Gasteiger partial charge < -0.3 is 15.4 Å². The summed E-state index contributed by atoms with van der Waals surface area (Å²) < 4.78 is 4.80. The van der Waals surface area contributed by atoms with E-state index in [1.54, 1.807) is 0 Å². The number of allylic oxidation sites excluding steroid dienone is 1. The summed E-state index contributed by atoms with van der Waals surface area (Å²) in [4.78, 5) is 35.9. The van der Waals surface area contributed by atoms with Crippen LogP contribution in [0.4, 0.5) is 0 Å². The molecule has 0 aliphatic carbocycles. The van der Waals surface area contributed by atoms with Crippen molar-refractivity contribution in [3.05, 3.63) is 41.5 Å². The molecule has 140 valence electrons. The van der Waals surface area contributed by atoms with Crippen molar-refractivity contribution in [3.63, 3.8) is 0 Å². The number of benzene rings is 1. The van der Waals surface area contributed by atoms with Crippen molar-refractivity contribution in [2.75, 3.05) is 13.7 Å². The second-order valence-electron chi connectivity index (χ2n) is 6.37. The van der Waals surface area contributed by atoms with E-state index in [2.05, 4.69) is 22.8 Å². The van der Waals surface area contributed by atoms with Crippen LogP contribution in [0.5, 0.6) is 0 Å². The lowest BCUT2D eigenvalue weighted by Crippen LogP contribution is -2.47. The molecular formula is C20H26N2O4. The summed E-state index contributed by atoms with van der Waals surface area (Å²) in [6.07, 6.45) is 8.64. The first-order chi connectivity index (χ1) is 12.6. The summed E-state index contributed by atoms with van der Waals surface area (Å²) >= 11 is 0. The molecule has 1 heterocycles. The van der Waals surface area contributed by atoms with Gasteiger partial charge in [-0.05, 0) is 30.4 Å². The number of amides is 2. The minimum atomic E-state index is -0.792. The maximum absolute atomic E-state index is 12.1. The number of methoxy groups -OCH3 is 1. The summed E-state index contributed by atoms with van der Waals surface area (Å²) in [7, 11) is 1.29. The van der Waals surface area contributed by atoms with Crippen LogP contribution < -0.4 is 10.6 Å². The molecule has 2 rings (SSSR count). The monoisotopic (exact) mass is 358 g/mol. The van der Waals surface area contributed by atoms with Gasteiger partial charge in [-0.15, -0.1) is 0 Å². The Hall–Kier alpha value is -2.63. The van der Waals surface area contributed by atoms with Gasteiger partial charge >= 0.3 is 5.97 Å². The first-order valence-electron chi connectivity index (χ1n) is 8.98. The second kappa shape index (κ2) is 10.4. The number of esters is 1. The Balaban J connectivity index is 2.16. The minimum absolute atomic E-state index is 0.145. The van der Waals surface area contributed by atoms with Crippen LogP contribution in [0.1, 0.15) is 43.2 Å². The minimum Gasteiger partial charge on any atom is -0.467 e. The topological polar surface area (TPSA) is 84.5 Å². The molecular weight excluding hydrogens is 332 g/mol. The highest BCUT2D eigenvalue weighted by molar-refractivity contribution is 5.88. The average molecular weight is 358 g/mol. The fraction of sp³-hybridized carbons (Fsp3) is 0.450. The van der Waals surface area contributed by atoms with Crippen LogP contribution in [0.15, 0.2) is 30.3 Å². The van der Waals surface area contributed by atoms with Crippen LogP contribution in [-0.2, 0) is 25.5 Å². The number of hydrogen-bond acceptors (Lipinski definition) is 4. The summed E-state index contributed by atoms with van der Waals surface area (Å²) in [6, 6.07) is 7.05. The SMILES string of the molecule is COC(=O)C1Cc2cccc(c2)/C=C\CCCCCC(=O)NCC(=O)N1. The molecule has 1 unspecified atom stereocenters. The zero-order valence-electron chi connectivity index (χ0n) is 15.1. The van der Waals surface area contributed by atoms with Crippen molar-refractivity contribution in [1.29, 1.82) is 0 Å². The average Bonchev–Trinajstić information content (AvgIpc) is 2.64. The molecule has 0 saturated carbocycles. The normalized spacial score (nSPS) is 21.0. The van der Waals surface area contributed by atoms with Gasteiger partial charge in [0, 0.05) is 12.8 Å². The number of rotatable bonds is 1. The van der Waals surface area contributed by atoms with Crippen molar-refractivity contribution in [2.24, 2.45) is 0 Å². The van der Waals surface area contributed by atoms with Gasteiger partial charge in [0.15, 0.2) is 0 Å². The van der Waals surface area contributed by atoms with Gasteiger partial charge in [-0.2, -0.15) is 0 Å². The van der Waals surface area contributed by atoms with E-state index in [0.29, 0.717) is 12.8 Å². The van der Waals surface area contributed by atoms with E-state index in [9.17, 15) is 14.4 Å². The summed E-state index contributed by atoms with van der Waals surface area (Å²) in [5, 5.41) is 5.24. The molecule has 6 nitrogen and oxygen atoms in total. The largest absolute Gasteiger partial charge is 0.467 e.